The third kappa shape index (κ3) is 11.3. The fraction of sp³-hybridized carbons (Fsp3) is 0.619. The molecule has 1 amide bonds. The van der Waals surface area contributed by atoms with Crippen molar-refractivity contribution in [2.45, 2.75) is 58.7 Å². The van der Waals surface area contributed by atoms with Crippen LogP contribution >= 0.6 is 0 Å². The van der Waals surface area contributed by atoms with Gasteiger partial charge in [0.25, 0.3) is 0 Å². The average molecular weight is 379 g/mol. The van der Waals surface area contributed by atoms with E-state index in [0.29, 0.717) is 13.0 Å². The number of carbonyl (C=O) groups excluding carboxylic acids is 2. The molecule has 0 aliphatic rings. The third-order valence-electron chi connectivity index (χ3n) is 4.37. The molecule has 0 fully saturated rings. The monoisotopic (exact) mass is 378 g/mol. The van der Waals surface area contributed by atoms with E-state index in [-0.39, 0.29) is 25.1 Å². The number of amides is 1. The molecule has 152 valence electrons. The Hall–Kier alpha value is -2.08. The second kappa shape index (κ2) is 14.0. The second-order valence-corrected chi connectivity index (χ2v) is 6.68. The summed E-state index contributed by atoms with van der Waals surface area (Å²) >= 11 is 0. The summed E-state index contributed by atoms with van der Waals surface area (Å²) in [7, 11) is 2.00. The number of alkyl carbamates (subject to hydrolysis) is 1. The Morgan fingerprint density at radius 2 is 1.89 bits per heavy atom. The molecule has 0 heterocycles. The minimum absolute atomic E-state index is 0.243. The minimum Gasteiger partial charge on any atom is -0.461 e. The largest absolute Gasteiger partial charge is 0.461 e. The van der Waals surface area contributed by atoms with E-state index in [2.05, 4.69) is 24.1 Å². The summed E-state index contributed by atoms with van der Waals surface area (Å²) in [5.74, 6) is -0.270. The number of hydrogen-bond acceptors (Lipinski definition) is 5. The van der Waals surface area contributed by atoms with Crippen LogP contribution in [0, 0.1) is 0 Å². The van der Waals surface area contributed by atoms with Gasteiger partial charge in [-0.1, -0.05) is 57.0 Å². The molecule has 0 aliphatic heterocycles. The summed E-state index contributed by atoms with van der Waals surface area (Å²) in [4.78, 5) is 26.1. The third-order valence-corrected chi connectivity index (χ3v) is 4.37. The van der Waals surface area contributed by atoms with Crippen molar-refractivity contribution < 1.29 is 19.1 Å². The van der Waals surface area contributed by atoms with Crippen molar-refractivity contribution in [3.05, 3.63) is 35.9 Å². The number of likely N-dealkylation sites (N-methyl/N-ethyl adjacent to an activating group) is 1. The lowest BCUT2D eigenvalue weighted by molar-refractivity contribution is -0.145. The maximum Gasteiger partial charge on any atom is 0.407 e. The highest BCUT2D eigenvalue weighted by Crippen LogP contribution is 2.13. The average Bonchev–Trinajstić information content (AvgIpc) is 2.69. The molecule has 1 aromatic rings. The number of hydrogen-bond donors (Lipinski definition) is 1. The van der Waals surface area contributed by atoms with E-state index in [1.54, 1.807) is 0 Å². The zero-order chi connectivity index (χ0) is 19.9. The maximum atomic E-state index is 12.0. The molecule has 0 saturated carbocycles. The van der Waals surface area contributed by atoms with Crippen LogP contribution in [0.3, 0.4) is 0 Å². The standard InChI is InChI=1S/C21H34N2O4/c1-4-6-12-19(27-21(25)22-15-16-23(3)5-2)13-14-20(24)26-17-18-10-8-7-9-11-18/h7-11,19H,4-6,12-17H2,1-3H3,(H,22,25). The lowest BCUT2D eigenvalue weighted by atomic mass is 10.1. The van der Waals surface area contributed by atoms with E-state index in [1.807, 2.05) is 37.4 Å². The summed E-state index contributed by atoms with van der Waals surface area (Å²) < 4.78 is 10.8. The topological polar surface area (TPSA) is 67.9 Å². The second-order valence-electron chi connectivity index (χ2n) is 6.68. The first kappa shape index (κ1) is 23.0. The molecule has 1 aromatic carbocycles. The number of rotatable bonds is 13. The van der Waals surface area contributed by atoms with Crippen LogP contribution in [-0.2, 0) is 20.9 Å². The van der Waals surface area contributed by atoms with Crippen molar-refractivity contribution in [3.63, 3.8) is 0 Å². The Morgan fingerprint density at radius 3 is 2.56 bits per heavy atom. The molecule has 0 saturated heterocycles. The lowest BCUT2D eigenvalue weighted by Gasteiger charge is -2.19. The van der Waals surface area contributed by atoms with Gasteiger partial charge in [0.1, 0.15) is 12.7 Å². The van der Waals surface area contributed by atoms with E-state index in [1.165, 1.54) is 0 Å². The molecule has 0 spiro atoms. The van der Waals surface area contributed by atoms with Crippen LogP contribution in [-0.4, -0.2) is 49.7 Å². The minimum atomic E-state index is -0.418. The summed E-state index contributed by atoms with van der Waals surface area (Å²) in [6, 6.07) is 9.58. The first-order chi connectivity index (χ1) is 13.0. The number of benzene rings is 1. The van der Waals surface area contributed by atoms with Gasteiger partial charge in [-0.15, -0.1) is 0 Å². The van der Waals surface area contributed by atoms with Gasteiger partial charge in [0.2, 0.25) is 0 Å². The number of nitrogens with one attached hydrogen (secondary N) is 1. The highest BCUT2D eigenvalue weighted by atomic mass is 16.6. The zero-order valence-corrected chi connectivity index (χ0v) is 16.9. The Balaban J connectivity index is 2.33. The molecular formula is C21H34N2O4. The van der Waals surface area contributed by atoms with E-state index in [4.69, 9.17) is 9.47 Å². The van der Waals surface area contributed by atoms with E-state index >= 15 is 0 Å². The highest BCUT2D eigenvalue weighted by Gasteiger charge is 2.16. The number of carbonyl (C=O) groups is 2. The van der Waals surface area contributed by atoms with Gasteiger partial charge in [-0.3, -0.25) is 4.79 Å². The molecule has 1 rings (SSSR count). The van der Waals surface area contributed by atoms with Crippen molar-refractivity contribution in [2.24, 2.45) is 0 Å². The molecule has 6 nitrogen and oxygen atoms in total. The number of nitrogens with zero attached hydrogens (tertiary/aromatic N) is 1. The van der Waals surface area contributed by atoms with E-state index in [0.717, 1.165) is 37.9 Å². The Kier molecular flexibility index (Phi) is 11.9. The van der Waals surface area contributed by atoms with Gasteiger partial charge in [0.15, 0.2) is 0 Å². The van der Waals surface area contributed by atoms with Crippen LogP contribution in [0.25, 0.3) is 0 Å². The molecule has 0 aliphatic carbocycles. The van der Waals surface area contributed by atoms with Crippen LogP contribution < -0.4 is 5.32 Å². The van der Waals surface area contributed by atoms with Crippen molar-refractivity contribution in [2.75, 3.05) is 26.7 Å². The van der Waals surface area contributed by atoms with Crippen molar-refractivity contribution in [1.29, 1.82) is 0 Å². The summed E-state index contributed by atoms with van der Waals surface area (Å²) in [5, 5.41) is 2.77. The van der Waals surface area contributed by atoms with Gasteiger partial charge < -0.3 is 19.7 Å². The molecular weight excluding hydrogens is 344 g/mol. The maximum absolute atomic E-state index is 12.0. The van der Waals surface area contributed by atoms with Crippen LogP contribution in [0.15, 0.2) is 30.3 Å². The highest BCUT2D eigenvalue weighted by molar-refractivity contribution is 5.69. The van der Waals surface area contributed by atoms with Crippen LogP contribution in [0.4, 0.5) is 4.79 Å². The molecule has 1 unspecified atom stereocenters. The predicted molar refractivity (Wildman–Crippen MR) is 106 cm³/mol. The fourth-order valence-corrected chi connectivity index (χ4v) is 2.48. The van der Waals surface area contributed by atoms with Gasteiger partial charge in [0, 0.05) is 19.5 Å². The Bertz CT molecular complexity index is 536. The van der Waals surface area contributed by atoms with E-state index < -0.39 is 6.09 Å². The molecule has 6 heteroatoms. The van der Waals surface area contributed by atoms with E-state index in [9.17, 15) is 9.59 Å². The predicted octanol–water partition coefficient (Wildman–Crippen LogP) is 3.75. The van der Waals surface area contributed by atoms with Crippen LogP contribution in [0.1, 0.15) is 51.5 Å². The lowest BCUT2D eigenvalue weighted by Crippen LogP contribution is -2.35. The first-order valence-electron chi connectivity index (χ1n) is 9.87. The summed E-state index contributed by atoms with van der Waals surface area (Å²) in [6.45, 7) is 6.67. The van der Waals surface area contributed by atoms with Crippen molar-refractivity contribution in [1.82, 2.24) is 10.2 Å². The smallest absolute Gasteiger partial charge is 0.407 e. The van der Waals surface area contributed by atoms with Gasteiger partial charge >= 0.3 is 12.1 Å². The van der Waals surface area contributed by atoms with Gasteiger partial charge in [-0.2, -0.15) is 0 Å². The normalized spacial score (nSPS) is 11.9. The first-order valence-corrected chi connectivity index (χ1v) is 9.87. The fourth-order valence-electron chi connectivity index (χ4n) is 2.48. The zero-order valence-electron chi connectivity index (χ0n) is 16.9. The van der Waals surface area contributed by atoms with Crippen molar-refractivity contribution >= 4 is 12.1 Å². The van der Waals surface area contributed by atoms with Crippen LogP contribution in [0.2, 0.25) is 0 Å². The summed E-state index contributed by atoms with van der Waals surface area (Å²) in [5.41, 5.74) is 0.959. The SMILES string of the molecule is CCCCC(CCC(=O)OCc1ccccc1)OC(=O)NCCN(C)CC. The van der Waals surface area contributed by atoms with Crippen molar-refractivity contribution in [3.8, 4) is 0 Å². The Labute approximate surface area is 163 Å². The molecule has 0 radical (unpaired) electrons. The molecule has 1 N–H and O–H groups in total. The Morgan fingerprint density at radius 1 is 1.15 bits per heavy atom. The number of esters is 1. The van der Waals surface area contributed by atoms with Gasteiger partial charge in [-0.25, -0.2) is 4.79 Å². The molecule has 0 bridgehead atoms. The summed E-state index contributed by atoms with van der Waals surface area (Å²) in [6.07, 6.45) is 2.77. The molecule has 1 atom stereocenters. The van der Waals surface area contributed by atoms with Gasteiger partial charge in [0.05, 0.1) is 0 Å². The van der Waals surface area contributed by atoms with Crippen LogP contribution in [0.5, 0.6) is 0 Å². The quantitative estimate of drug-likeness (QED) is 0.530. The van der Waals surface area contributed by atoms with Gasteiger partial charge in [-0.05, 0) is 32.0 Å². The molecule has 0 aromatic heterocycles. The number of unbranched alkanes of at least 4 members (excludes halogenated alkanes) is 1. The number of ether oxygens (including phenoxy) is 2. The molecule has 27 heavy (non-hydrogen) atoms.